The zero-order valence-corrected chi connectivity index (χ0v) is 11.6. The van der Waals surface area contributed by atoms with E-state index in [0.29, 0.717) is 17.1 Å². The van der Waals surface area contributed by atoms with Crippen LogP contribution in [0.1, 0.15) is 22.3 Å². The fourth-order valence-corrected chi connectivity index (χ4v) is 1.91. The minimum atomic E-state index is -0.411. The van der Waals surface area contributed by atoms with Crippen LogP contribution in [0.25, 0.3) is 0 Å². The first-order chi connectivity index (χ1) is 8.47. The van der Waals surface area contributed by atoms with Gasteiger partial charge in [-0.3, -0.25) is 4.79 Å². The van der Waals surface area contributed by atoms with Crippen molar-refractivity contribution in [2.24, 2.45) is 0 Å². The van der Waals surface area contributed by atoms with Crippen LogP contribution >= 0.6 is 11.6 Å². The molecule has 1 aromatic rings. The van der Waals surface area contributed by atoms with Gasteiger partial charge in [-0.05, 0) is 44.6 Å². The Morgan fingerprint density at radius 3 is 2.78 bits per heavy atom. The van der Waals surface area contributed by atoms with Crippen LogP contribution < -0.4 is 5.32 Å². The average molecular weight is 273 g/mol. The maximum atomic E-state index is 13.5. The molecule has 18 heavy (non-hydrogen) atoms. The first kappa shape index (κ1) is 14.9. The van der Waals surface area contributed by atoms with E-state index in [0.717, 1.165) is 13.0 Å². The highest BCUT2D eigenvalue weighted by Crippen LogP contribution is 2.21. The first-order valence-electron chi connectivity index (χ1n) is 5.83. The van der Waals surface area contributed by atoms with Gasteiger partial charge in [-0.1, -0.05) is 11.6 Å². The number of amides is 1. The number of carbonyl (C=O) groups excluding carboxylic acids is 1. The largest absolute Gasteiger partial charge is 0.342 e. The minimum Gasteiger partial charge on any atom is -0.342 e. The van der Waals surface area contributed by atoms with Crippen LogP contribution in [0.2, 0.25) is 5.02 Å². The Morgan fingerprint density at radius 1 is 1.50 bits per heavy atom. The molecule has 0 aliphatic rings. The van der Waals surface area contributed by atoms with Crippen LogP contribution in [0.4, 0.5) is 4.39 Å². The molecule has 0 heterocycles. The molecule has 0 bridgehead atoms. The zero-order valence-electron chi connectivity index (χ0n) is 10.9. The van der Waals surface area contributed by atoms with Gasteiger partial charge in [0.25, 0.3) is 5.91 Å². The van der Waals surface area contributed by atoms with Crippen molar-refractivity contribution in [3.8, 4) is 0 Å². The molecule has 5 heteroatoms. The summed E-state index contributed by atoms with van der Waals surface area (Å²) in [4.78, 5) is 13.6. The van der Waals surface area contributed by atoms with Crippen molar-refractivity contribution in [3.63, 3.8) is 0 Å². The molecule has 0 saturated carbocycles. The molecule has 0 spiro atoms. The molecule has 0 radical (unpaired) electrons. The lowest BCUT2D eigenvalue weighted by Gasteiger charge is -2.18. The molecule has 0 fully saturated rings. The molecule has 0 aliphatic carbocycles. The molecule has 1 N–H and O–H groups in total. The summed E-state index contributed by atoms with van der Waals surface area (Å²) in [7, 11) is 3.54. The summed E-state index contributed by atoms with van der Waals surface area (Å²) < 4.78 is 13.5. The Morgan fingerprint density at radius 2 is 2.17 bits per heavy atom. The molecule has 1 aromatic carbocycles. The quantitative estimate of drug-likeness (QED) is 0.835. The second kappa shape index (κ2) is 6.71. The summed E-state index contributed by atoms with van der Waals surface area (Å²) >= 11 is 5.98. The molecule has 100 valence electrons. The van der Waals surface area contributed by atoms with Gasteiger partial charge in [0.15, 0.2) is 0 Å². The molecular weight excluding hydrogens is 255 g/mol. The van der Waals surface area contributed by atoms with E-state index in [1.807, 2.05) is 7.05 Å². The average Bonchev–Trinajstić information content (AvgIpc) is 2.33. The molecule has 0 atom stereocenters. The van der Waals surface area contributed by atoms with Crippen LogP contribution in [0.5, 0.6) is 0 Å². The molecule has 3 nitrogen and oxygen atoms in total. The van der Waals surface area contributed by atoms with E-state index in [-0.39, 0.29) is 11.5 Å². The van der Waals surface area contributed by atoms with Gasteiger partial charge in [-0.15, -0.1) is 0 Å². The summed E-state index contributed by atoms with van der Waals surface area (Å²) in [6.07, 6.45) is 0.838. The first-order valence-corrected chi connectivity index (χ1v) is 6.21. The summed E-state index contributed by atoms with van der Waals surface area (Å²) in [6.45, 7) is 3.05. The van der Waals surface area contributed by atoms with Crippen LogP contribution in [0.3, 0.4) is 0 Å². The highest BCUT2D eigenvalue weighted by molar-refractivity contribution is 6.33. The number of nitrogens with zero attached hydrogens (tertiary/aromatic N) is 1. The fourth-order valence-electron chi connectivity index (χ4n) is 1.61. The van der Waals surface area contributed by atoms with Gasteiger partial charge < -0.3 is 10.2 Å². The predicted molar refractivity (Wildman–Crippen MR) is 71.7 cm³/mol. The normalized spacial score (nSPS) is 10.5. The number of hydrogen-bond acceptors (Lipinski definition) is 2. The van der Waals surface area contributed by atoms with Gasteiger partial charge in [-0.2, -0.15) is 0 Å². The number of benzene rings is 1. The Kier molecular flexibility index (Phi) is 5.56. The molecule has 0 aromatic heterocycles. The SMILES string of the molecule is CNCCCN(C)C(=O)c1cc(F)c(C)cc1Cl. The third-order valence-corrected chi connectivity index (χ3v) is 3.06. The van der Waals surface area contributed by atoms with Gasteiger partial charge in [0.05, 0.1) is 10.6 Å². The van der Waals surface area contributed by atoms with E-state index in [2.05, 4.69) is 5.32 Å². The monoisotopic (exact) mass is 272 g/mol. The summed E-state index contributed by atoms with van der Waals surface area (Å²) in [5.41, 5.74) is 0.654. The molecule has 1 rings (SSSR count). The van der Waals surface area contributed by atoms with Gasteiger partial charge in [0.1, 0.15) is 5.82 Å². The van der Waals surface area contributed by atoms with E-state index in [4.69, 9.17) is 11.6 Å². The second-order valence-corrected chi connectivity index (χ2v) is 4.67. The molecule has 1 amide bonds. The zero-order chi connectivity index (χ0) is 13.7. The van der Waals surface area contributed by atoms with Crippen molar-refractivity contribution >= 4 is 17.5 Å². The molecule has 0 aliphatic heterocycles. The van der Waals surface area contributed by atoms with E-state index in [9.17, 15) is 9.18 Å². The van der Waals surface area contributed by atoms with Crippen LogP contribution in [0.15, 0.2) is 12.1 Å². The standard InChI is InChI=1S/C13H18ClFN2O/c1-9-7-11(14)10(8-12(9)15)13(18)17(3)6-4-5-16-2/h7-8,16H,4-6H2,1-3H3. The fraction of sp³-hybridized carbons (Fsp3) is 0.462. The third kappa shape index (κ3) is 3.68. The van der Waals surface area contributed by atoms with Gasteiger partial charge >= 0.3 is 0 Å². The highest BCUT2D eigenvalue weighted by atomic mass is 35.5. The number of nitrogens with one attached hydrogen (secondary N) is 1. The van der Waals surface area contributed by atoms with Gasteiger partial charge in [0.2, 0.25) is 0 Å². The van der Waals surface area contributed by atoms with Gasteiger partial charge in [0, 0.05) is 13.6 Å². The number of rotatable bonds is 5. The second-order valence-electron chi connectivity index (χ2n) is 4.27. The molecular formula is C13H18ClFN2O. The summed E-state index contributed by atoms with van der Waals surface area (Å²) in [5.74, 6) is -0.665. The van der Waals surface area contributed by atoms with Crippen LogP contribution in [0, 0.1) is 12.7 Å². The Labute approximate surface area is 112 Å². The lowest BCUT2D eigenvalue weighted by atomic mass is 10.1. The number of hydrogen-bond donors (Lipinski definition) is 1. The lowest BCUT2D eigenvalue weighted by Crippen LogP contribution is -2.29. The number of aryl methyl sites for hydroxylation is 1. The highest BCUT2D eigenvalue weighted by Gasteiger charge is 2.16. The van der Waals surface area contributed by atoms with E-state index in [1.54, 1.807) is 18.9 Å². The summed E-state index contributed by atoms with van der Waals surface area (Å²) in [6, 6.07) is 2.68. The van der Waals surface area contributed by atoms with Crippen molar-refractivity contribution in [1.82, 2.24) is 10.2 Å². The van der Waals surface area contributed by atoms with E-state index in [1.165, 1.54) is 12.1 Å². The summed E-state index contributed by atoms with van der Waals surface area (Å²) in [5, 5.41) is 3.30. The Bertz CT molecular complexity index is 437. The van der Waals surface area contributed by atoms with E-state index < -0.39 is 5.82 Å². The maximum absolute atomic E-state index is 13.5. The Hall–Kier alpha value is -1.13. The molecule has 0 unspecified atom stereocenters. The van der Waals surface area contributed by atoms with Crippen molar-refractivity contribution < 1.29 is 9.18 Å². The van der Waals surface area contributed by atoms with Crippen LogP contribution in [-0.4, -0.2) is 38.0 Å². The minimum absolute atomic E-state index is 0.215. The molecule has 0 saturated heterocycles. The topological polar surface area (TPSA) is 32.3 Å². The lowest BCUT2D eigenvalue weighted by molar-refractivity contribution is 0.0793. The smallest absolute Gasteiger partial charge is 0.255 e. The maximum Gasteiger partial charge on any atom is 0.255 e. The van der Waals surface area contributed by atoms with Gasteiger partial charge in [-0.25, -0.2) is 4.39 Å². The predicted octanol–water partition coefficient (Wildman–Crippen LogP) is 2.47. The Balaban J connectivity index is 2.80. The number of carbonyl (C=O) groups is 1. The van der Waals surface area contributed by atoms with E-state index >= 15 is 0 Å². The van der Waals surface area contributed by atoms with Crippen molar-refractivity contribution in [3.05, 3.63) is 34.1 Å². The van der Waals surface area contributed by atoms with Crippen molar-refractivity contribution in [2.45, 2.75) is 13.3 Å². The number of halogens is 2. The third-order valence-electron chi connectivity index (χ3n) is 2.75. The van der Waals surface area contributed by atoms with Crippen molar-refractivity contribution in [1.29, 1.82) is 0 Å². The van der Waals surface area contributed by atoms with Crippen LogP contribution in [-0.2, 0) is 0 Å². The van der Waals surface area contributed by atoms with Crippen molar-refractivity contribution in [2.75, 3.05) is 27.2 Å².